The van der Waals surface area contributed by atoms with Crippen molar-refractivity contribution in [3.05, 3.63) is 25.0 Å². The molecule has 2 atom stereocenters. The molecule has 0 bridgehead atoms. The average molecular weight is 233 g/mol. The molecule has 2 aromatic heterocycles. The van der Waals surface area contributed by atoms with Crippen molar-refractivity contribution in [1.82, 2.24) is 19.5 Å². The van der Waals surface area contributed by atoms with E-state index in [0.717, 1.165) is 0 Å². The van der Waals surface area contributed by atoms with Gasteiger partial charge in [0.15, 0.2) is 17.7 Å². The third kappa shape index (κ3) is 1.43. The highest BCUT2D eigenvalue weighted by atomic mass is 16.5. The lowest BCUT2D eigenvalue weighted by Crippen LogP contribution is -2.08. The van der Waals surface area contributed by atoms with Crippen LogP contribution in [0.1, 0.15) is 12.6 Å². The third-order valence-corrected chi connectivity index (χ3v) is 2.78. The van der Waals surface area contributed by atoms with Crippen molar-refractivity contribution in [3.8, 4) is 0 Å². The standard InChI is InChI=1S/C10H11N5O2/c1-5-6(16)2-7(17-5)15-4-14-8-9(11)12-3-13-10(8)15/h3-4,6-7,16H,1-2H2,(H2,11,12,13)/t6-,7+/m0/s1. The average Bonchev–Trinajstić information content (AvgIpc) is 2.85. The predicted molar refractivity (Wildman–Crippen MR) is 59.6 cm³/mol. The van der Waals surface area contributed by atoms with Gasteiger partial charge < -0.3 is 15.6 Å². The van der Waals surface area contributed by atoms with Crippen LogP contribution in [-0.4, -0.2) is 30.7 Å². The van der Waals surface area contributed by atoms with Crippen LogP contribution in [0.15, 0.2) is 25.0 Å². The van der Waals surface area contributed by atoms with Gasteiger partial charge in [-0.15, -0.1) is 0 Å². The molecular weight excluding hydrogens is 222 g/mol. The number of aromatic nitrogens is 4. The molecule has 17 heavy (non-hydrogen) atoms. The maximum Gasteiger partial charge on any atom is 0.181 e. The van der Waals surface area contributed by atoms with Crippen molar-refractivity contribution in [3.63, 3.8) is 0 Å². The smallest absolute Gasteiger partial charge is 0.181 e. The van der Waals surface area contributed by atoms with E-state index in [4.69, 9.17) is 10.5 Å². The molecule has 7 heteroatoms. The van der Waals surface area contributed by atoms with Crippen molar-refractivity contribution in [2.45, 2.75) is 18.8 Å². The largest absolute Gasteiger partial charge is 0.472 e. The van der Waals surface area contributed by atoms with E-state index in [0.29, 0.717) is 29.2 Å². The Morgan fingerprint density at radius 1 is 1.47 bits per heavy atom. The molecule has 0 amide bonds. The van der Waals surface area contributed by atoms with E-state index in [9.17, 15) is 5.11 Å². The Kier molecular flexibility index (Phi) is 2.02. The van der Waals surface area contributed by atoms with Crippen LogP contribution < -0.4 is 5.73 Å². The van der Waals surface area contributed by atoms with Gasteiger partial charge in [0.05, 0.1) is 0 Å². The van der Waals surface area contributed by atoms with Crippen LogP contribution in [0.3, 0.4) is 0 Å². The van der Waals surface area contributed by atoms with Crippen molar-refractivity contribution in [2.75, 3.05) is 5.73 Å². The van der Waals surface area contributed by atoms with E-state index < -0.39 is 6.10 Å². The number of anilines is 1. The zero-order valence-electron chi connectivity index (χ0n) is 8.95. The van der Waals surface area contributed by atoms with Crippen molar-refractivity contribution in [1.29, 1.82) is 0 Å². The number of imidazole rings is 1. The molecule has 1 fully saturated rings. The molecule has 1 aliphatic rings. The van der Waals surface area contributed by atoms with E-state index in [1.54, 1.807) is 10.9 Å². The molecule has 0 radical (unpaired) electrons. The molecule has 3 N–H and O–H groups in total. The molecule has 1 saturated heterocycles. The molecule has 0 aromatic carbocycles. The van der Waals surface area contributed by atoms with Crippen LogP contribution >= 0.6 is 0 Å². The number of nitrogens with zero attached hydrogens (tertiary/aromatic N) is 4. The first-order valence-corrected chi connectivity index (χ1v) is 5.13. The molecular formula is C10H11N5O2. The van der Waals surface area contributed by atoms with Gasteiger partial charge in [0.1, 0.15) is 30.0 Å². The van der Waals surface area contributed by atoms with E-state index >= 15 is 0 Å². The molecule has 0 unspecified atom stereocenters. The molecule has 1 aliphatic heterocycles. The second-order valence-electron chi connectivity index (χ2n) is 3.87. The Hall–Kier alpha value is -2.15. The Bertz CT molecular complexity index is 593. The van der Waals surface area contributed by atoms with Crippen LogP contribution in [0.5, 0.6) is 0 Å². The fraction of sp³-hybridized carbons (Fsp3) is 0.300. The summed E-state index contributed by atoms with van der Waals surface area (Å²) < 4.78 is 7.16. The highest BCUT2D eigenvalue weighted by molar-refractivity contribution is 5.81. The van der Waals surface area contributed by atoms with E-state index in [-0.39, 0.29) is 6.23 Å². The Balaban J connectivity index is 2.07. The first-order chi connectivity index (χ1) is 8.16. The van der Waals surface area contributed by atoms with Crippen molar-refractivity contribution in [2.24, 2.45) is 0 Å². The number of ether oxygens (including phenoxy) is 1. The van der Waals surface area contributed by atoms with Gasteiger partial charge in [0.2, 0.25) is 0 Å². The maximum atomic E-state index is 9.58. The molecule has 3 heterocycles. The molecule has 0 aliphatic carbocycles. The Morgan fingerprint density at radius 3 is 3.00 bits per heavy atom. The SMILES string of the molecule is C=C1O[C@@H](n2cnc3c(N)ncnc32)C[C@@H]1O. The number of aliphatic hydroxyl groups excluding tert-OH is 1. The van der Waals surface area contributed by atoms with Gasteiger partial charge in [-0.05, 0) is 0 Å². The highest BCUT2D eigenvalue weighted by Gasteiger charge is 2.30. The van der Waals surface area contributed by atoms with Crippen LogP contribution in [0.4, 0.5) is 5.82 Å². The normalized spacial score (nSPS) is 24.2. The molecule has 3 rings (SSSR count). The number of nitrogens with two attached hydrogens (primary N) is 1. The van der Waals surface area contributed by atoms with Crippen LogP contribution in [0.2, 0.25) is 0 Å². The van der Waals surface area contributed by atoms with Crippen molar-refractivity contribution < 1.29 is 9.84 Å². The van der Waals surface area contributed by atoms with Gasteiger partial charge >= 0.3 is 0 Å². The molecule has 2 aromatic rings. The lowest BCUT2D eigenvalue weighted by Gasteiger charge is -2.11. The molecule has 0 spiro atoms. The third-order valence-electron chi connectivity index (χ3n) is 2.78. The predicted octanol–water partition coefficient (Wildman–Crippen LogP) is 0.202. The Labute approximate surface area is 96.6 Å². The summed E-state index contributed by atoms with van der Waals surface area (Å²) in [6.07, 6.45) is 2.36. The fourth-order valence-electron chi connectivity index (χ4n) is 1.87. The van der Waals surface area contributed by atoms with Gasteiger partial charge in [-0.3, -0.25) is 4.57 Å². The zero-order valence-corrected chi connectivity index (χ0v) is 8.95. The van der Waals surface area contributed by atoms with Gasteiger partial charge in [-0.2, -0.15) is 0 Å². The minimum absolute atomic E-state index is 0.325. The molecule has 0 saturated carbocycles. The number of nitrogen functional groups attached to an aromatic ring is 1. The summed E-state index contributed by atoms with van der Waals surface area (Å²) in [5, 5.41) is 9.58. The summed E-state index contributed by atoms with van der Waals surface area (Å²) >= 11 is 0. The van der Waals surface area contributed by atoms with Crippen LogP contribution in [0.25, 0.3) is 11.2 Å². The topological polar surface area (TPSA) is 99.1 Å². The molecule has 7 nitrogen and oxygen atoms in total. The minimum Gasteiger partial charge on any atom is -0.472 e. The number of rotatable bonds is 1. The summed E-state index contributed by atoms with van der Waals surface area (Å²) in [4.78, 5) is 12.1. The maximum absolute atomic E-state index is 9.58. The van der Waals surface area contributed by atoms with Crippen molar-refractivity contribution >= 4 is 17.0 Å². The van der Waals surface area contributed by atoms with E-state index in [1.165, 1.54) is 6.33 Å². The fourth-order valence-corrected chi connectivity index (χ4v) is 1.87. The summed E-state index contributed by atoms with van der Waals surface area (Å²) in [6, 6.07) is 0. The lowest BCUT2D eigenvalue weighted by molar-refractivity contribution is 0.101. The van der Waals surface area contributed by atoms with Gasteiger partial charge in [0.25, 0.3) is 0 Å². The first-order valence-electron chi connectivity index (χ1n) is 5.13. The molecule has 88 valence electrons. The van der Waals surface area contributed by atoms with Crippen LogP contribution in [-0.2, 0) is 4.74 Å². The summed E-state index contributed by atoms with van der Waals surface area (Å²) in [5.74, 6) is 0.685. The second-order valence-corrected chi connectivity index (χ2v) is 3.87. The quantitative estimate of drug-likeness (QED) is 0.730. The summed E-state index contributed by atoms with van der Waals surface area (Å²) in [7, 11) is 0. The minimum atomic E-state index is -0.656. The highest BCUT2D eigenvalue weighted by Crippen LogP contribution is 2.32. The van der Waals surface area contributed by atoms with Gasteiger partial charge in [0, 0.05) is 6.42 Å². The number of fused-ring (bicyclic) bond motifs is 1. The van der Waals surface area contributed by atoms with Gasteiger partial charge in [-0.25, -0.2) is 15.0 Å². The van der Waals surface area contributed by atoms with E-state index in [2.05, 4.69) is 21.5 Å². The monoisotopic (exact) mass is 233 g/mol. The Morgan fingerprint density at radius 2 is 2.29 bits per heavy atom. The number of aliphatic hydroxyl groups is 1. The van der Waals surface area contributed by atoms with Crippen LogP contribution in [0, 0.1) is 0 Å². The van der Waals surface area contributed by atoms with E-state index in [1.807, 2.05) is 0 Å². The summed E-state index contributed by atoms with van der Waals surface area (Å²) in [6.45, 7) is 3.63. The lowest BCUT2D eigenvalue weighted by atomic mass is 10.2. The number of hydrogen-bond acceptors (Lipinski definition) is 6. The summed E-state index contributed by atoms with van der Waals surface area (Å²) in [5.41, 5.74) is 6.81. The number of hydrogen-bond donors (Lipinski definition) is 2. The zero-order chi connectivity index (χ0) is 12.0. The first kappa shape index (κ1) is 10.0. The second kappa shape index (κ2) is 3.42. The van der Waals surface area contributed by atoms with Gasteiger partial charge in [-0.1, -0.05) is 6.58 Å².